The van der Waals surface area contributed by atoms with E-state index in [1.165, 1.54) is 19.3 Å². The Morgan fingerprint density at radius 2 is 2.00 bits per heavy atom. The summed E-state index contributed by atoms with van der Waals surface area (Å²) in [7, 11) is 1.70. The molecule has 2 rings (SSSR count). The van der Waals surface area contributed by atoms with Crippen molar-refractivity contribution in [2.24, 2.45) is 0 Å². The normalized spacial score (nSPS) is 17.0. The van der Waals surface area contributed by atoms with Crippen LogP contribution in [0, 0.1) is 0 Å². The fourth-order valence-corrected chi connectivity index (χ4v) is 2.27. The molecule has 0 saturated carbocycles. The summed E-state index contributed by atoms with van der Waals surface area (Å²) in [5.41, 5.74) is 5.79. The predicted molar refractivity (Wildman–Crippen MR) is 79.9 cm³/mol. The zero-order valence-electron chi connectivity index (χ0n) is 12.3. The predicted octanol–water partition coefficient (Wildman–Crippen LogP) is 1.28. The Bertz CT molecular complexity index is 421. The lowest BCUT2D eigenvalue weighted by molar-refractivity contribution is 0.191. The number of nitrogens with two attached hydrogens (primary N) is 1. The molecule has 2 heterocycles. The highest BCUT2D eigenvalue weighted by Crippen LogP contribution is 2.18. The molecule has 0 spiro atoms. The molecule has 7 heteroatoms. The number of methoxy groups -OCH3 is 1. The standard InChI is InChI=1S/C13H24N6O/c1-10(6-9-20-2)15-12-16-11(14)17-13(18-12)19-7-4-3-5-8-19/h10H,3-9H2,1-2H3,(H3,14,15,16,17,18). The van der Waals surface area contributed by atoms with Gasteiger partial charge in [0.05, 0.1) is 0 Å². The van der Waals surface area contributed by atoms with Crippen LogP contribution < -0.4 is 16.0 Å². The van der Waals surface area contributed by atoms with Crippen molar-refractivity contribution in [2.45, 2.75) is 38.6 Å². The molecule has 0 aromatic carbocycles. The number of ether oxygens (including phenoxy) is 1. The fourth-order valence-electron chi connectivity index (χ4n) is 2.27. The summed E-state index contributed by atoms with van der Waals surface area (Å²) in [6, 6.07) is 0.228. The fraction of sp³-hybridized carbons (Fsp3) is 0.769. The molecule has 0 radical (unpaired) electrons. The van der Waals surface area contributed by atoms with Gasteiger partial charge < -0.3 is 20.7 Å². The van der Waals surface area contributed by atoms with Crippen LogP contribution >= 0.6 is 0 Å². The smallest absolute Gasteiger partial charge is 0.231 e. The van der Waals surface area contributed by atoms with Crippen molar-refractivity contribution in [1.82, 2.24) is 15.0 Å². The zero-order valence-corrected chi connectivity index (χ0v) is 12.3. The van der Waals surface area contributed by atoms with E-state index in [1.807, 2.05) is 0 Å². The van der Waals surface area contributed by atoms with Gasteiger partial charge in [-0.15, -0.1) is 0 Å². The van der Waals surface area contributed by atoms with Crippen LogP contribution in [0.2, 0.25) is 0 Å². The Hall–Kier alpha value is -1.63. The van der Waals surface area contributed by atoms with Gasteiger partial charge in [-0.05, 0) is 32.6 Å². The first-order valence-corrected chi connectivity index (χ1v) is 7.21. The number of nitrogens with one attached hydrogen (secondary N) is 1. The van der Waals surface area contributed by atoms with Crippen molar-refractivity contribution in [3.05, 3.63) is 0 Å². The first kappa shape index (κ1) is 14.8. The number of hydrogen-bond acceptors (Lipinski definition) is 7. The lowest BCUT2D eigenvalue weighted by Gasteiger charge is -2.27. The van der Waals surface area contributed by atoms with E-state index in [0.717, 1.165) is 19.5 Å². The van der Waals surface area contributed by atoms with Crippen molar-refractivity contribution >= 4 is 17.8 Å². The number of hydrogen-bond donors (Lipinski definition) is 2. The molecular weight excluding hydrogens is 256 g/mol. The Kier molecular flexibility index (Phi) is 5.34. The SMILES string of the molecule is COCCC(C)Nc1nc(N)nc(N2CCCCC2)n1. The molecule has 1 aromatic heterocycles. The Morgan fingerprint density at radius 1 is 1.25 bits per heavy atom. The average Bonchev–Trinajstić information content (AvgIpc) is 2.45. The average molecular weight is 280 g/mol. The van der Waals surface area contributed by atoms with E-state index >= 15 is 0 Å². The molecule has 1 atom stereocenters. The third-order valence-corrected chi connectivity index (χ3v) is 3.41. The van der Waals surface area contributed by atoms with Gasteiger partial charge in [0, 0.05) is 32.8 Å². The van der Waals surface area contributed by atoms with Gasteiger partial charge in [-0.1, -0.05) is 0 Å². The van der Waals surface area contributed by atoms with Crippen LogP contribution in [0.5, 0.6) is 0 Å². The molecule has 0 bridgehead atoms. The maximum absolute atomic E-state index is 5.79. The minimum atomic E-state index is 0.228. The van der Waals surface area contributed by atoms with Crippen LogP contribution in [-0.2, 0) is 4.74 Å². The van der Waals surface area contributed by atoms with Gasteiger partial charge in [0.1, 0.15) is 0 Å². The molecule has 3 N–H and O–H groups in total. The second-order valence-corrected chi connectivity index (χ2v) is 5.19. The largest absolute Gasteiger partial charge is 0.385 e. The Morgan fingerprint density at radius 3 is 2.70 bits per heavy atom. The van der Waals surface area contributed by atoms with E-state index < -0.39 is 0 Å². The molecule has 7 nitrogen and oxygen atoms in total. The molecule has 1 saturated heterocycles. The second-order valence-electron chi connectivity index (χ2n) is 5.19. The zero-order chi connectivity index (χ0) is 14.4. The summed E-state index contributed by atoms with van der Waals surface area (Å²) in [5.74, 6) is 1.49. The highest BCUT2D eigenvalue weighted by molar-refractivity contribution is 5.42. The quantitative estimate of drug-likeness (QED) is 0.811. The Labute approximate surface area is 119 Å². The molecule has 1 aliphatic rings. The molecule has 1 aromatic rings. The van der Waals surface area contributed by atoms with Gasteiger partial charge in [0.2, 0.25) is 17.8 Å². The molecule has 1 unspecified atom stereocenters. The number of nitrogens with zero attached hydrogens (tertiary/aromatic N) is 4. The summed E-state index contributed by atoms with van der Waals surface area (Å²) < 4.78 is 5.07. The molecule has 112 valence electrons. The van der Waals surface area contributed by atoms with Crippen LogP contribution in [-0.4, -0.2) is 47.8 Å². The highest BCUT2D eigenvalue weighted by atomic mass is 16.5. The summed E-state index contributed by atoms with van der Waals surface area (Å²) in [5, 5.41) is 3.25. The molecule has 0 aliphatic carbocycles. The summed E-state index contributed by atoms with van der Waals surface area (Å²) >= 11 is 0. The van der Waals surface area contributed by atoms with Gasteiger partial charge in [-0.2, -0.15) is 15.0 Å². The topological polar surface area (TPSA) is 89.2 Å². The third kappa shape index (κ3) is 4.19. The van der Waals surface area contributed by atoms with Gasteiger partial charge in [0.15, 0.2) is 0 Å². The van der Waals surface area contributed by atoms with E-state index in [4.69, 9.17) is 10.5 Å². The molecule has 1 fully saturated rings. The van der Waals surface area contributed by atoms with Crippen LogP contribution in [0.15, 0.2) is 0 Å². The van der Waals surface area contributed by atoms with Crippen molar-refractivity contribution in [2.75, 3.05) is 42.8 Å². The van der Waals surface area contributed by atoms with Crippen molar-refractivity contribution in [1.29, 1.82) is 0 Å². The number of rotatable bonds is 6. The second kappa shape index (κ2) is 7.23. The summed E-state index contributed by atoms with van der Waals surface area (Å²) in [4.78, 5) is 15.0. The summed E-state index contributed by atoms with van der Waals surface area (Å²) in [6.07, 6.45) is 4.52. The highest BCUT2D eigenvalue weighted by Gasteiger charge is 2.16. The third-order valence-electron chi connectivity index (χ3n) is 3.41. The van der Waals surface area contributed by atoms with Gasteiger partial charge in [-0.25, -0.2) is 0 Å². The molecule has 1 aliphatic heterocycles. The first-order chi connectivity index (χ1) is 9.69. The lowest BCUT2D eigenvalue weighted by Crippen LogP contribution is -2.32. The number of aromatic nitrogens is 3. The van der Waals surface area contributed by atoms with Crippen molar-refractivity contribution in [3.8, 4) is 0 Å². The number of anilines is 3. The molecular formula is C13H24N6O. The van der Waals surface area contributed by atoms with Gasteiger partial charge in [-0.3, -0.25) is 0 Å². The van der Waals surface area contributed by atoms with Crippen molar-refractivity contribution < 1.29 is 4.74 Å². The monoisotopic (exact) mass is 280 g/mol. The van der Waals surface area contributed by atoms with E-state index in [9.17, 15) is 0 Å². The minimum absolute atomic E-state index is 0.228. The van der Waals surface area contributed by atoms with Crippen LogP contribution in [0.4, 0.5) is 17.8 Å². The number of nitrogen functional groups attached to an aromatic ring is 1. The molecule has 0 amide bonds. The minimum Gasteiger partial charge on any atom is -0.385 e. The number of piperidine rings is 1. The van der Waals surface area contributed by atoms with Crippen LogP contribution in [0.1, 0.15) is 32.6 Å². The van der Waals surface area contributed by atoms with E-state index in [1.54, 1.807) is 7.11 Å². The van der Waals surface area contributed by atoms with E-state index in [2.05, 4.69) is 32.1 Å². The van der Waals surface area contributed by atoms with Gasteiger partial charge in [0.25, 0.3) is 0 Å². The first-order valence-electron chi connectivity index (χ1n) is 7.21. The van der Waals surface area contributed by atoms with Crippen LogP contribution in [0.25, 0.3) is 0 Å². The van der Waals surface area contributed by atoms with E-state index in [-0.39, 0.29) is 12.0 Å². The van der Waals surface area contributed by atoms with Gasteiger partial charge >= 0.3 is 0 Å². The summed E-state index contributed by atoms with van der Waals surface area (Å²) in [6.45, 7) is 4.75. The van der Waals surface area contributed by atoms with Crippen molar-refractivity contribution in [3.63, 3.8) is 0 Å². The van der Waals surface area contributed by atoms with Crippen LogP contribution in [0.3, 0.4) is 0 Å². The molecule has 20 heavy (non-hydrogen) atoms. The lowest BCUT2D eigenvalue weighted by atomic mass is 10.1. The Balaban J connectivity index is 2.03. The van der Waals surface area contributed by atoms with E-state index in [0.29, 0.717) is 18.5 Å². The maximum Gasteiger partial charge on any atom is 0.231 e. The maximum atomic E-state index is 5.79.